The van der Waals surface area contributed by atoms with E-state index in [2.05, 4.69) is 15.3 Å². The zero-order valence-electron chi connectivity index (χ0n) is 12.7. The van der Waals surface area contributed by atoms with Gasteiger partial charge in [-0.2, -0.15) is 0 Å². The Morgan fingerprint density at radius 2 is 2.04 bits per heavy atom. The van der Waals surface area contributed by atoms with Crippen molar-refractivity contribution in [3.05, 3.63) is 53.3 Å². The smallest absolute Gasteiger partial charge is 0.228 e. The molecule has 0 unspecified atom stereocenters. The summed E-state index contributed by atoms with van der Waals surface area (Å²) < 4.78 is 23.9. The molecule has 0 radical (unpaired) electrons. The van der Waals surface area contributed by atoms with Crippen LogP contribution in [0.3, 0.4) is 0 Å². The molecule has 2 N–H and O–H groups in total. The summed E-state index contributed by atoms with van der Waals surface area (Å²) in [6, 6.07) is 10.1. The van der Waals surface area contributed by atoms with Gasteiger partial charge in [-0.05, 0) is 23.8 Å². The van der Waals surface area contributed by atoms with E-state index in [0.717, 1.165) is 6.26 Å². The summed E-state index contributed by atoms with van der Waals surface area (Å²) in [5, 5.41) is 3.21. The number of sulfone groups is 1. The van der Waals surface area contributed by atoms with Crippen molar-refractivity contribution in [2.24, 2.45) is 0 Å². The SMILES string of the molecule is CS(=O)(=O)c1cc(NC(=O)Cc2ccccc2Cl)cc2[nH]cnc12. The number of carbonyl (C=O) groups is 1. The van der Waals surface area contributed by atoms with Crippen LogP contribution in [0.4, 0.5) is 5.69 Å². The minimum absolute atomic E-state index is 0.0642. The first-order valence-electron chi connectivity index (χ1n) is 7.05. The van der Waals surface area contributed by atoms with E-state index in [1.54, 1.807) is 30.3 Å². The number of fused-ring (bicyclic) bond motifs is 1. The maximum atomic E-state index is 12.2. The van der Waals surface area contributed by atoms with Crippen molar-refractivity contribution >= 4 is 44.1 Å². The molecule has 0 aliphatic heterocycles. The fourth-order valence-corrected chi connectivity index (χ4v) is 3.45. The average molecular weight is 364 g/mol. The highest BCUT2D eigenvalue weighted by atomic mass is 35.5. The summed E-state index contributed by atoms with van der Waals surface area (Å²) in [4.78, 5) is 19.2. The fourth-order valence-electron chi connectivity index (χ4n) is 2.39. The zero-order valence-corrected chi connectivity index (χ0v) is 14.3. The molecule has 6 nitrogen and oxygen atoms in total. The summed E-state index contributed by atoms with van der Waals surface area (Å²) in [6.07, 6.45) is 2.61. The van der Waals surface area contributed by atoms with Gasteiger partial charge in [0.2, 0.25) is 5.91 Å². The van der Waals surface area contributed by atoms with Gasteiger partial charge >= 0.3 is 0 Å². The number of carbonyl (C=O) groups excluding carboxylic acids is 1. The van der Waals surface area contributed by atoms with Crippen LogP contribution in [0, 0.1) is 0 Å². The van der Waals surface area contributed by atoms with Crippen molar-refractivity contribution in [1.29, 1.82) is 0 Å². The third kappa shape index (κ3) is 3.42. The monoisotopic (exact) mass is 363 g/mol. The number of aromatic amines is 1. The molecule has 0 spiro atoms. The zero-order chi connectivity index (χ0) is 17.3. The lowest BCUT2D eigenvalue weighted by Gasteiger charge is -2.09. The van der Waals surface area contributed by atoms with Crippen molar-refractivity contribution in [3.8, 4) is 0 Å². The lowest BCUT2D eigenvalue weighted by molar-refractivity contribution is -0.115. The summed E-state index contributed by atoms with van der Waals surface area (Å²) >= 11 is 6.05. The maximum Gasteiger partial charge on any atom is 0.228 e. The summed E-state index contributed by atoms with van der Waals surface area (Å²) in [6.45, 7) is 0. The standard InChI is InChI=1S/C16H14ClN3O3S/c1-24(22,23)14-8-11(7-13-16(14)19-9-18-13)20-15(21)6-10-4-2-3-5-12(10)17/h2-5,7-9H,6H2,1H3,(H,18,19)(H,20,21). The Labute approximate surface area is 143 Å². The van der Waals surface area contributed by atoms with E-state index in [9.17, 15) is 13.2 Å². The normalized spacial score (nSPS) is 11.6. The molecule has 0 saturated carbocycles. The number of benzene rings is 2. The van der Waals surface area contributed by atoms with Crippen LogP contribution in [0.5, 0.6) is 0 Å². The number of hydrogen-bond acceptors (Lipinski definition) is 4. The number of aromatic nitrogens is 2. The van der Waals surface area contributed by atoms with Crippen molar-refractivity contribution in [1.82, 2.24) is 9.97 Å². The predicted octanol–water partition coefficient (Wildman–Crippen LogP) is 2.80. The molecule has 2 aromatic carbocycles. The molecule has 0 saturated heterocycles. The predicted molar refractivity (Wildman–Crippen MR) is 93.0 cm³/mol. The largest absolute Gasteiger partial charge is 0.344 e. The van der Waals surface area contributed by atoms with Gasteiger partial charge in [0.1, 0.15) is 5.52 Å². The Balaban J connectivity index is 1.90. The molecule has 8 heteroatoms. The molecule has 3 rings (SSSR count). The Kier molecular flexibility index (Phi) is 4.29. The number of halogens is 1. The fraction of sp³-hybridized carbons (Fsp3) is 0.125. The van der Waals surface area contributed by atoms with Crippen molar-refractivity contribution < 1.29 is 13.2 Å². The molecule has 124 valence electrons. The van der Waals surface area contributed by atoms with E-state index in [1.807, 2.05) is 0 Å². The quantitative estimate of drug-likeness (QED) is 0.745. The second-order valence-corrected chi connectivity index (χ2v) is 7.75. The lowest BCUT2D eigenvalue weighted by atomic mass is 10.1. The second-order valence-electron chi connectivity index (χ2n) is 5.36. The molecule has 0 atom stereocenters. The van der Waals surface area contributed by atoms with Crippen LogP contribution < -0.4 is 5.32 Å². The van der Waals surface area contributed by atoms with E-state index in [4.69, 9.17) is 11.6 Å². The van der Waals surface area contributed by atoms with Gasteiger partial charge in [0.15, 0.2) is 9.84 Å². The van der Waals surface area contributed by atoms with Crippen molar-refractivity contribution in [2.75, 3.05) is 11.6 Å². The Morgan fingerprint density at radius 1 is 1.29 bits per heavy atom. The van der Waals surface area contributed by atoms with Gasteiger partial charge in [0, 0.05) is 17.0 Å². The minimum atomic E-state index is -3.48. The van der Waals surface area contributed by atoms with Gasteiger partial charge in [-0.3, -0.25) is 4.79 Å². The topological polar surface area (TPSA) is 91.9 Å². The number of nitrogens with one attached hydrogen (secondary N) is 2. The number of anilines is 1. The van der Waals surface area contributed by atoms with Crippen LogP contribution in [-0.4, -0.2) is 30.5 Å². The molecule has 1 aromatic heterocycles. The van der Waals surface area contributed by atoms with Crippen molar-refractivity contribution in [3.63, 3.8) is 0 Å². The van der Waals surface area contributed by atoms with Crippen LogP contribution in [-0.2, 0) is 21.1 Å². The highest BCUT2D eigenvalue weighted by Gasteiger charge is 2.17. The number of nitrogens with zero attached hydrogens (tertiary/aromatic N) is 1. The Morgan fingerprint density at radius 3 is 2.75 bits per heavy atom. The molecule has 0 aliphatic carbocycles. The number of hydrogen-bond donors (Lipinski definition) is 2. The van der Waals surface area contributed by atoms with Gasteiger partial charge in [-0.15, -0.1) is 0 Å². The van der Waals surface area contributed by atoms with E-state index in [0.29, 0.717) is 27.3 Å². The number of rotatable bonds is 4. The van der Waals surface area contributed by atoms with E-state index < -0.39 is 9.84 Å². The van der Waals surface area contributed by atoms with Gasteiger partial charge in [-0.1, -0.05) is 29.8 Å². The molecule has 24 heavy (non-hydrogen) atoms. The van der Waals surface area contributed by atoms with Gasteiger partial charge in [0.25, 0.3) is 0 Å². The first kappa shape index (κ1) is 16.5. The van der Waals surface area contributed by atoms with Gasteiger partial charge < -0.3 is 10.3 Å². The molecule has 0 aliphatic rings. The van der Waals surface area contributed by atoms with Gasteiger partial charge in [-0.25, -0.2) is 13.4 Å². The van der Waals surface area contributed by atoms with E-state index in [1.165, 1.54) is 12.4 Å². The third-order valence-corrected chi connectivity index (χ3v) is 4.96. The van der Waals surface area contributed by atoms with E-state index >= 15 is 0 Å². The molecular formula is C16H14ClN3O3S. The number of amides is 1. The Bertz CT molecular complexity index is 1030. The first-order chi connectivity index (χ1) is 11.3. The summed E-state index contributed by atoms with van der Waals surface area (Å²) in [5.41, 5.74) is 1.96. The highest BCUT2D eigenvalue weighted by molar-refractivity contribution is 7.91. The summed E-state index contributed by atoms with van der Waals surface area (Å²) in [7, 11) is -3.48. The molecule has 1 heterocycles. The molecule has 1 amide bonds. The summed E-state index contributed by atoms with van der Waals surface area (Å²) in [5.74, 6) is -0.290. The number of H-pyrrole nitrogens is 1. The maximum absolute atomic E-state index is 12.2. The molecule has 0 fully saturated rings. The van der Waals surface area contributed by atoms with E-state index in [-0.39, 0.29) is 17.2 Å². The molecular weight excluding hydrogens is 350 g/mol. The minimum Gasteiger partial charge on any atom is -0.344 e. The Hall–Kier alpha value is -2.38. The van der Waals surface area contributed by atoms with Gasteiger partial charge in [0.05, 0.1) is 23.2 Å². The number of imidazole rings is 1. The van der Waals surface area contributed by atoms with Crippen LogP contribution in [0.25, 0.3) is 11.0 Å². The van der Waals surface area contributed by atoms with Crippen LogP contribution in [0.2, 0.25) is 5.02 Å². The van der Waals surface area contributed by atoms with Crippen LogP contribution >= 0.6 is 11.6 Å². The lowest BCUT2D eigenvalue weighted by Crippen LogP contribution is -2.15. The van der Waals surface area contributed by atoms with Crippen LogP contribution in [0.15, 0.2) is 47.6 Å². The van der Waals surface area contributed by atoms with Crippen molar-refractivity contribution in [2.45, 2.75) is 11.3 Å². The first-order valence-corrected chi connectivity index (χ1v) is 9.32. The molecule has 0 bridgehead atoms. The van der Waals surface area contributed by atoms with Crippen LogP contribution in [0.1, 0.15) is 5.56 Å². The molecule has 3 aromatic rings. The second kappa shape index (κ2) is 6.26. The average Bonchev–Trinajstić information content (AvgIpc) is 2.96. The highest BCUT2D eigenvalue weighted by Crippen LogP contribution is 2.25. The third-order valence-electron chi connectivity index (χ3n) is 3.48.